The van der Waals surface area contributed by atoms with E-state index < -0.39 is 83.3 Å². The number of rotatable bonds is 3. The molecule has 2 heterocycles. The van der Waals surface area contributed by atoms with Gasteiger partial charge < -0.3 is 29.2 Å². The molecule has 0 bridgehead atoms. The zero-order chi connectivity index (χ0) is 25.2. The summed E-state index contributed by atoms with van der Waals surface area (Å²) in [4.78, 5) is 36.9. The summed E-state index contributed by atoms with van der Waals surface area (Å²) in [6.07, 6.45) is -0.524. The minimum absolute atomic E-state index is 0.0353. The lowest BCUT2D eigenvalue weighted by Gasteiger charge is -2.53. The van der Waals surface area contributed by atoms with Gasteiger partial charge in [-0.2, -0.15) is 0 Å². The largest absolute Gasteiger partial charge is 0.459 e. The number of carbonyl (C=O) groups excluding carboxylic acids is 3. The number of allylic oxidation sites excluding steroid dienone is 2. The standard InChI is InChI=1S/C24H31ClO9/c1-10-17-20(32-13(4)27)24(30)11(2)22(29)33-16(24)8-14(9-25)6-7-15(28)23(17,5)21-19(34-21)18(10)31-12(3)26/h6-8,10-11,15-21,28,30H,9H2,1-5H3/b7-6-,14-8-/t10-,11+,15+,16+,17-,18-,19+,20+,21+,23-,24+/m1/s1. The molecule has 2 N–H and O–H groups in total. The van der Waals surface area contributed by atoms with E-state index in [-0.39, 0.29) is 5.88 Å². The maximum atomic E-state index is 12.7. The smallest absolute Gasteiger partial charge is 0.312 e. The van der Waals surface area contributed by atoms with Crippen molar-refractivity contribution in [2.45, 2.75) is 76.8 Å². The molecule has 1 saturated carbocycles. The van der Waals surface area contributed by atoms with Gasteiger partial charge in [-0.15, -0.1) is 11.6 Å². The summed E-state index contributed by atoms with van der Waals surface area (Å²) in [7, 11) is 0. The highest BCUT2D eigenvalue weighted by atomic mass is 35.5. The molecule has 0 unspecified atom stereocenters. The van der Waals surface area contributed by atoms with Crippen molar-refractivity contribution < 1.29 is 43.5 Å². The topological polar surface area (TPSA) is 132 Å². The molecule has 11 atom stereocenters. The number of alkyl halides is 1. The minimum atomic E-state index is -1.98. The fourth-order valence-corrected chi connectivity index (χ4v) is 6.37. The van der Waals surface area contributed by atoms with Crippen molar-refractivity contribution in [3.63, 3.8) is 0 Å². The Hall–Kier alpha value is -1.94. The van der Waals surface area contributed by atoms with Crippen molar-refractivity contribution in [1.82, 2.24) is 0 Å². The molecule has 0 aromatic rings. The molecule has 2 aliphatic heterocycles. The summed E-state index contributed by atoms with van der Waals surface area (Å²) in [5.41, 5.74) is -2.53. The van der Waals surface area contributed by atoms with Crippen molar-refractivity contribution in [2.75, 3.05) is 5.88 Å². The van der Waals surface area contributed by atoms with Crippen LogP contribution in [0.5, 0.6) is 0 Å². The highest BCUT2D eigenvalue weighted by molar-refractivity contribution is 6.19. The molecule has 4 aliphatic rings. The maximum Gasteiger partial charge on any atom is 0.312 e. The predicted octanol–water partition coefficient (Wildman–Crippen LogP) is 1.28. The van der Waals surface area contributed by atoms with Crippen LogP contribution in [-0.2, 0) is 33.3 Å². The molecule has 9 nitrogen and oxygen atoms in total. The molecule has 3 fully saturated rings. The third-order valence-corrected chi connectivity index (χ3v) is 8.35. The van der Waals surface area contributed by atoms with Crippen LogP contribution >= 0.6 is 11.6 Å². The Bertz CT molecular complexity index is 947. The van der Waals surface area contributed by atoms with Gasteiger partial charge in [0.2, 0.25) is 0 Å². The highest BCUT2D eigenvalue weighted by Crippen LogP contribution is 2.61. The lowest BCUT2D eigenvalue weighted by Crippen LogP contribution is -2.66. The first-order chi connectivity index (χ1) is 15.9. The Kier molecular flexibility index (Phi) is 6.38. The second kappa shape index (κ2) is 8.62. The van der Waals surface area contributed by atoms with Gasteiger partial charge >= 0.3 is 17.9 Å². The second-order valence-corrected chi connectivity index (χ2v) is 10.3. The van der Waals surface area contributed by atoms with E-state index in [4.69, 9.17) is 30.5 Å². The van der Waals surface area contributed by atoms with Gasteiger partial charge in [-0.3, -0.25) is 14.4 Å². The SMILES string of the molecule is CC(=O)O[C@@H]1[C@H](C)[C@@H]2[C@H](OC(C)=O)[C@@]3(O)[C@H](/C=C(CCl)/C=C\[C@H](O)[C@@]2(C)[C@H]2O[C@@H]12)OC(=O)[C@@H]3C. The molecule has 0 spiro atoms. The Morgan fingerprint density at radius 1 is 1.21 bits per heavy atom. The molecule has 2 saturated heterocycles. The van der Waals surface area contributed by atoms with Gasteiger partial charge in [0, 0.05) is 37.0 Å². The van der Waals surface area contributed by atoms with Gasteiger partial charge in [0.25, 0.3) is 0 Å². The third kappa shape index (κ3) is 3.68. The van der Waals surface area contributed by atoms with Crippen LogP contribution in [0, 0.1) is 23.2 Å². The van der Waals surface area contributed by atoms with Crippen LogP contribution in [0.15, 0.2) is 23.8 Å². The Balaban J connectivity index is 1.95. The number of halogens is 1. The Labute approximate surface area is 203 Å². The zero-order valence-corrected chi connectivity index (χ0v) is 20.5. The quantitative estimate of drug-likeness (QED) is 0.255. The van der Waals surface area contributed by atoms with Crippen LogP contribution in [0.1, 0.15) is 34.6 Å². The minimum Gasteiger partial charge on any atom is -0.459 e. The van der Waals surface area contributed by atoms with E-state index in [0.29, 0.717) is 5.57 Å². The highest BCUT2D eigenvalue weighted by Gasteiger charge is 2.74. The molecule has 0 radical (unpaired) electrons. The molecular weight excluding hydrogens is 468 g/mol. The van der Waals surface area contributed by atoms with Gasteiger partial charge in [0.1, 0.15) is 18.3 Å². The van der Waals surface area contributed by atoms with Gasteiger partial charge in [0.15, 0.2) is 11.7 Å². The molecule has 0 aromatic heterocycles. The Morgan fingerprint density at radius 2 is 1.85 bits per heavy atom. The van der Waals surface area contributed by atoms with Crippen LogP contribution in [0.25, 0.3) is 0 Å². The molecule has 4 rings (SSSR count). The van der Waals surface area contributed by atoms with E-state index in [0.717, 1.165) is 0 Å². The predicted molar refractivity (Wildman–Crippen MR) is 118 cm³/mol. The normalized spacial score (nSPS) is 49.8. The van der Waals surface area contributed by atoms with E-state index in [1.54, 1.807) is 26.0 Å². The number of fused-ring (bicyclic) bond motifs is 4. The molecule has 10 heteroatoms. The summed E-state index contributed by atoms with van der Waals surface area (Å²) in [5.74, 6) is -4.15. The summed E-state index contributed by atoms with van der Waals surface area (Å²) in [6.45, 7) is 7.60. The molecule has 2 aliphatic carbocycles. The summed E-state index contributed by atoms with van der Waals surface area (Å²) in [5, 5.41) is 23.6. The molecular formula is C24H31ClO9. The average Bonchev–Trinajstić information content (AvgIpc) is 3.53. The fraction of sp³-hybridized carbons (Fsp3) is 0.708. The number of aliphatic hydroxyl groups is 2. The lowest BCUT2D eigenvalue weighted by molar-refractivity contribution is -0.215. The summed E-state index contributed by atoms with van der Waals surface area (Å²) < 4.78 is 22.8. The van der Waals surface area contributed by atoms with E-state index in [2.05, 4.69) is 0 Å². The first kappa shape index (κ1) is 25.2. The molecule has 0 aromatic carbocycles. The number of aliphatic hydroxyl groups excluding tert-OH is 1. The van der Waals surface area contributed by atoms with E-state index in [1.807, 2.05) is 0 Å². The van der Waals surface area contributed by atoms with Crippen LogP contribution in [0.2, 0.25) is 0 Å². The number of ether oxygens (including phenoxy) is 4. The van der Waals surface area contributed by atoms with E-state index in [9.17, 15) is 24.6 Å². The van der Waals surface area contributed by atoms with E-state index >= 15 is 0 Å². The van der Waals surface area contributed by atoms with Gasteiger partial charge in [-0.05, 0) is 18.6 Å². The monoisotopic (exact) mass is 498 g/mol. The van der Waals surface area contributed by atoms with E-state index in [1.165, 1.54) is 26.8 Å². The molecule has 34 heavy (non-hydrogen) atoms. The van der Waals surface area contributed by atoms with Crippen molar-refractivity contribution in [3.8, 4) is 0 Å². The van der Waals surface area contributed by atoms with Crippen LogP contribution in [0.3, 0.4) is 0 Å². The van der Waals surface area contributed by atoms with Crippen molar-refractivity contribution in [1.29, 1.82) is 0 Å². The van der Waals surface area contributed by atoms with Gasteiger partial charge in [0.05, 0.1) is 18.1 Å². The number of hydrogen-bond donors (Lipinski definition) is 2. The van der Waals surface area contributed by atoms with Crippen LogP contribution < -0.4 is 0 Å². The average molecular weight is 499 g/mol. The van der Waals surface area contributed by atoms with Crippen LogP contribution in [0.4, 0.5) is 0 Å². The van der Waals surface area contributed by atoms with Crippen LogP contribution in [-0.4, -0.2) is 76.2 Å². The van der Waals surface area contributed by atoms with Crippen molar-refractivity contribution >= 4 is 29.5 Å². The second-order valence-electron chi connectivity index (χ2n) is 10.0. The fourth-order valence-electron chi connectivity index (χ4n) is 6.20. The zero-order valence-electron chi connectivity index (χ0n) is 19.8. The summed E-state index contributed by atoms with van der Waals surface area (Å²) >= 11 is 6.10. The molecule has 0 amide bonds. The maximum absolute atomic E-state index is 12.7. The summed E-state index contributed by atoms with van der Waals surface area (Å²) in [6, 6.07) is 0. The number of carbonyl (C=O) groups is 3. The third-order valence-electron chi connectivity index (χ3n) is 8.04. The van der Waals surface area contributed by atoms with Gasteiger partial charge in [-0.25, -0.2) is 0 Å². The lowest BCUT2D eigenvalue weighted by atomic mass is 9.54. The number of esters is 3. The van der Waals surface area contributed by atoms with Crippen molar-refractivity contribution in [2.24, 2.45) is 23.2 Å². The number of hydrogen-bond acceptors (Lipinski definition) is 9. The first-order valence-corrected chi connectivity index (χ1v) is 12.0. The van der Waals surface area contributed by atoms with Gasteiger partial charge in [-0.1, -0.05) is 26.0 Å². The first-order valence-electron chi connectivity index (χ1n) is 11.4. The molecule has 188 valence electrons. The van der Waals surface area contributed by atoms with Crippen molar-refractivity contribution in [3.05, 3.63) is 23.8 Å². The number of epoxide rings is 1. The Morgan fingerprint density at radius 3 is 2.44 bits per heavy atom.